The number of rotatable bonds is 1. The number of hydrogen-bond donors (Lipinski definition) is 0. The molecule has 0 radical (unpaired) electrons. The monoisotopic (exact) mass is 490 g/mol. The van der Waals surface area contributed by atoms with E-state index >= 15 is 0 Å². The Morgan fingerprint density at radius 2 is 1.09 bits per heavy atom. The molecule has 5 heteroatoms. The van der Waals surface area contributed by atoms with Crippen molar-refractivity contribution < 1.29 is 0 Å². The van der Waals surface area contributed by atoms with Crippen molar-refractivity contribution in [3.63, 3.8) is 0 Å². The first kappa shape index (κ1) is 22.2. The van der Waals surface area contributed by atoms with Crippen molar-refractivity contribution in [1.29, 1.82) is 0 Å². The average Bonchev–Trinajstić information content (AvgIpc) is 3.17. The second kappa shape index (κ2) is 10.1. The van der Waals surface area contributed by atoms with Gasteiger partial charge in [-0.1, -0.05) is 79.6 Å². The van der Waals surface area contributed by atoms with Crippen LogP contribution in [0, 0.1) is 0 Å². The Balaban J connectivity index is 1.49. The fourth-order valence-electron chi connectivity index (χ4n) is 5.64. The van der Waals surface area contributed by atoms with Gasteiger partial charge >= 0.3 is 0 Å². The number of thioether (sulfide) groups is 2. The molecule has 4 atom stereocenters. The maximum absolute atomic E-state index is 2.92. The maximum atomic E-state index is 2.92. The van der Waals surface area contributed by atoms with Crippen molar-refractivity contribution in [2.45, 2.75) is 60.6 Å². The Morgan fingerprint density at radius 1 is 0.606 bits per heavy atom. The molecule has 1 saturated heterocycles. The predicted octanol–water partition coefficient (Wildman–Crippen LogP) is 7.15. The van der Waals surface area contributed by atoms with Crippen molar-refractivity contribution in [2.24, 2.45) is 0 Å². The summed E-state index contributed by atoms with van der Waals surface area (Å²) in [5.41, 5.74) is 3.03. The normalized spacial score (nSPS) is 29.5. The van der Waals surface area contributed by atoms with E-state index in [0.29, 0.717) is 12.1 Å². The van der Waals surface area contributed by atoms with E-state index in [4.69, 9.17) is 0 Å². The van der Waals surface area contributed by atoms with Gasteiger partial charge in [0.15, 0.2) is 0 Å². The Hall–Kier alpha value is -1.29. The van der Waals surface area contributed by atoms with Crippen LogP contribution in [0.5, 0.6) is 0 Å². The largest absolute Gasteiger partial charge is 0.257 e. The molecule has 0 aromatic heterocycles. The Labute approximate surface area is 208 Å². The highest BCUT2D eigenvalue weighted by molar-refractivity contribution is 8.03. The third-order valence-corrected chi connectivity index (χ3v) is 12.2. The van der Waals surface area contributed by atoms with Gasteiger partial charge in [-0.25, -0.2) is 0 Å². The highest BCUT2D eigenvalue weighted by Gasteiger charge is 2.48. The van der Waals surface area contributed by atoms with Gasteiger partial charge in [-0.15, -0.1) is 23.5 Å². The van der Waals surface area contributed by atoms with Gasteiger partial charge in [0.25, 0.3) is 0 Å². The average molecular weight is 491 g/mol. The van der Waals surface area contributed by atoms with Gasteiger partial charge in [-0.05, 0) is 36.1 Å². The van der Waals surface area contributed by atoms with Gasteiger partial charge in [0.2, 0.25) is 0 Å². The predicted molar refractivity (Wildman–Crippen MR) is 144 cm³/mol. The van der Waals surface area contributed by atoms with Gasteiger partial charge in [-0.3, -0.25) is 9.34 Å². The molecule has 2 bridgehead atoms. The van der Waals surface area contributed by atoms with Crippen LogP contribution in [0.1, 0.15) is 36.8 Å². The highest BCUT2D eigenvalue weighted by Crippen LogP contribution is 2.58. The topological polar surface area (TPSA) is 6.48 Å². The van der Waals surface area contributed by atoms with E-state index in [0.717, 1.165) is 24.6 Å². The molecule has 1 aliphatic carbocycles. The van der Waals surface area contributed by atoms with Crippen LogP contribution in [-0.4, -0.2) is 32.9 Å². The van der Waals surface area contributed by atoms with Crippen LogP contribution in [0.15, 0.2) is 88.7 Å². The number of nitrogens with zero attached hydrogens (tertiary/aromatic N) is 2. The molecule has 6 rings (SSSR count). The van der Waals surface area contributed by atoms with Crippen LogP contribution in [0.25, 0.3) is 0 Å². The molecule has 3 aromatic carbocycles. The molecular weight excluding hydrogens is 459 g/mol. The van der Waals surface area contributed by atoms with E-state index < -0.39 is 8.22 Å². The van der Waals surface area contributed by atoms with E-state index in [2.05, 4.69) is 88.2 Å². The smallest absolute Gasteiger partial charge is 0.0737 e. The summed E-state index contributed by atoms with van der Waals surface area (Å²) in [7, 11) is -0.531. The Kier molecular flexibility index (Phi) is 6.82. The molecule has 0 N–H and O–H groups in total. The molecular formula is C28H31N2PS2. The third kappa shape index (κ3) is 4.54. The minimum Gasteiger partial charge on any atom is -0.257 e. The third-order valence-electron chi connectivity index (χ3n) is 7.14. The van der Waals surface area contributed by atoms with Gasteiger partial charge in [0.05, 0.1) is 8.22 Å². The lowest BCUT2D eigenvalue weighted by Crippen LogP contribution is -2.39. The molecule has 2 heterocycles. The van der Waals surface area contributed by atoms with Crippen LogP contribution in [0.4, 0.5) is 0 Å². The molecule has 0 spiro atoms. The minimum atomic E-state index is -0.531. The summed E-state index contributed by atoms with van der Waals surface area (Å²) in [4.78, 5) is 2.94. The van der Waals surface area contributed by atoms with E-state index in [9.17, 15) is 0 Å². The fourth-order valence-corrected chi connectivity index (χ4v) is 10.7. The molecule has 170 valence electrons. The van der Waals surface area contributed by atoms with Crippen LogP contribution < -0.4 is 5.30 Å². The first-order valence-electron chi connectivity index (χ1n) is 12.2. The van der Waals surface area contributed by atoms with Crippen molar-refractivity contribution in [3.05, 3.63) is 90.0 Å². The van der Waals surface area contributed by atoms with Gasteiger partial charge < -0.3 is 0 Å². The molecule has 0 amide bonds. The summed E-state index contributed by atoms with van der Waals surface area (Å²) in [6.45, 7) is 2.13. The minimum absolute atomic E-state index is 0.531. The fraction of sp³-hybridized carbons (Fsp3) is 0.357. The van der Waals surface area contributed by atoms with Crippen molar-refractivity contribution in [2.75, 3.05) is 11.5 Å². The Bertz CT molecular complexity index is 1020. The van der Waals surface area contributed by atoms with Crippen LogP contribution >= 0.6 is 31.7 Å². The van der Waals surface area contributed by atoms with E-state index in [1.165, 1.54) is 51.9 Å². The van der Waals surface area contributed by atoms with E-state index in [-0.39, 0.29) is 0 Å². The lowest BCUT2D eigenvalue weighted by molar-refractivity contribution is 0.196. The molecule has 3 aromatic rings. The van der Waals surface area contributed by atoms with Gasteiger partial charge in [0, 0.05) is 51.8 Å². The van der Waals surface area contributed by atoms with Crippen LogP contribution in [-0.2, 0) is 13.1 Å². The molecule has 2 aliphatic heterocycles. The van der Waals surface area contributed by atoms with E-state index in [1.807, 2.05) is 23.5 Å². The zero-order chi connectivity index (χ0) is 22.0. The number of benzene rings is 3. The molecule has 1 saturated carbocycles. The molecule has 2 fully saturated rings. The van der Waals surface area contributed by atoms with Crippen LogP contribution in [0.3, 0.4) is 0 Å². The SMILES string of the molecule is c1ccc(P2N3Cc4ccccc4SCCSc4ccccc4CN2[C@@H]2CCCC[C@H]23)cc1. The first-order chi connectivity index (χ1) is 16.4. The van der Waals surface area contributed by atoms with Crippen molar-refractivity contribution >= 4 is 37.1 Å². The summed E-state index contributed by atoms with van der Waals surface area (Å²) >= 11 is 4.08. The quantitative estimate of drug-likeness (QED) is 0.334. The van der Waals surface area contributed by atoms with Gasteiger partial charge in [-0.2, -0.15) is 0 Å². The number of hydrogen-bond acceptors (Lipinski definition) is 4. The molecule has 2 unspecified atom stereocenters. The summed E-state index contributed by atoms with van der Waals surface area (Å²) in [5, 5.41) is 1.51. The molecule has 3 aliphatic rings. The highest BCUT2D eigenvalue weighted by atomic mass is 32.2. The lowest BCUT2D eigenvalue weighted by Gasteiger charge is -2.32. The molecule has 33 heavy (non-hydrogen) atoms. The first-order valence-corrected chi connectivity index (χ1v) is 15.4. The van der Waals surface area contributed by atoms with Crippen molar-refractivity contribution in [1.82, 2.24) is 9.34 Å². The Morgan fingerprint density at radius 3 is 1.64 bits per heavy atom. The van der Waals surface area contributed by atoms with Crippen LogP contribution in [0.2, 0.25) is 0 Å². The second-order valence-electron chi connectivity index (χ2n) is 9.15. The summed E-state index contributed by atoms with van der Waals surface area (Å²) in [6.07, 6.45) is 5.40. The standard InChI is InChI=1S/C28H31N2PS2/c1-2-12-24(13-3-1)31-29-20-22-10-4-8-16-27(22)32-18-19-33-28-17-9-5-11-23(28)21-30(31)26-15-7-6-14-25(26)29/h1-5,8-13,16-17,25-26H,6-7,14-15,18-21H2/t25-,26-/m1/s1. The summed E-state index contributed by atoms with van der Waals surface area (Å²) < 4.78 is 5.84. The van der Waals surface area contributed by atoms with E-state index in [1.54, 1.807) is 0 Å². The second-order valence-corrected chi connectivity index (χ2v) is 13.5. The van der Waals surface area contributed by atoms with Crippen molar-refractivity contribution in [3.8, 4) is 0 Å². The van der Waals surface area contributed by atoms with Gasteiger partial charge in [0.1, 0.15) is 0 Å². The molecule has 2 nitrogen and oxygen atoms in total. The summed E-state index contributed by atoms with van der Waals surface area (Å²) in [6, 6.07) is 31.0. The zero-order valence-corrected chi connectivity index (χ0v) is 21.5. The zero-order valence-electron chi connectivity index (χ0n) is 19.0. The number of fused-ring (bicyclic) bond motifs is 7. The lowest BCUT2D eigenvalue weighted by atomic mass is 9.90. The maximum Gasteiger partial charge on any atom is 0.0737 e. The summed E-state index contributed by atoms with van der Waals surface area (Å²) in [5.74, 6) is 2.30.